The van der Waals surface area contributed by atoms with Gasteiger partial charge >= 0.3 is 6.16 Å². The number of hydrogen-bond donors (Lipinski definition) is 1. The van der Waals surface area contributed by atoms with Crippen molar-refractivity contribution in [1.82, 2.24) is 0 Å². The summed E-state index contributed by atoms with van der Waals surface area (Å²) in [5.74, 6) is 0. The molecule has 1 aliphatic carbocycles. The summed E-state index contributed by atoms with van der Waals surface area (Å²) in [7, 11) is 1.26. The molecule has 74 valence electrons. The molecule has 0 aromatic rings. The van der Waals surface area contributed by atoms with Crippen LogP contribution in [0, 0.1) is 0 Å². The Labute approximate surface area is 77.1 Å². The number of carbonyl (C=O) groups is 1. The van der Waals surface area contributed by atoms with Crippen molar-refractivity contribution in [1.29, 1.82) is 0 Å². The van der Waals surface area contributed by atoms with E-state index in [1.807, 2.05) is 6.92 Å². The van der Waals surface area contributed by atoms with Crippen molar-refractivity contribution in [3.63, 3.8) is 0 Å². The van der Waals surface area contributed by atoms with Gasteiger partial charge in [-0.2, -0.15) is 0 Å². The topological polar surface area (TPSA) is 55.8 Å². The standard InChI is InChI=1S/C9H14O4/c1-7(9(11)4-5-9)3-6-13-8(10)12-2/h3,11H,4-6H2,1-2H3/b7-3-. The first-order chi connectivity index (χ1) is 6.08. The molecule has 0 radical (unpaired) electrons. The molecule has 1 saturated carbocycles. The number of carbonyl (C=O) groups excluding carboxylic acids is 1. The number of rotatable bonds is 3. The zero-order valence-corrected chi connectivity index (χ0v) is 7.87. The molecular weight excluding hydrogens is 172 g/mol. The van der Waals surface area contributed by atoms with Crippen molar-refractivity contribution in [2.75, 3.05) is 13.7 Å². The van der Waals surface area contributed by atoms with E-state index in [1.165, 1.54) is 7.11 Å². The van der Waals surface area contributed by atoms with E-state index in [0.29, 0.717) is 0 Å². The molecule has 0 spiro atoms. The molecule has 0 aliphatic heterocycles. The summed E-state index contributed by atoms with van der Waals surface area (Å²) in [5.41, 5.74) is 0.232. The Kier molecular flexibility index (Phi) is 2.93. The predicted octanol–water partition coefficient (Wildman–Crippen LogP) is 1.24. The Morgan fingerprint density at radius 2 is 2.23 bits per heavy atom. The van der Waals surface area contributed by atoms with Gasteiger partial charge in [0.15, 0.2) is 0 Å². The summed E-state index contributed by atoms with van der Waals surface area (Å²) >= 11 is 0. The Morgan fingerprint density at radius 3 is 2.69 bits per heavy atom. The molecule has 0 saturated heterocycles. The van der Waals surface area contributed by atoms with E-state index in [1.54, 1.807) is 6.08 Å². The minimum absolute atomic E-state index is 0.154. The lowest BCUT2D eigenvalue weighted by Gasteiger charge is -2.07. The molecule has 0 heterocycles. The van der Waals surface area contributed by atoms with E-state index in [-0.39, 0.29) is 6.61 Å². The fourth-order valence-electron chi connectivity index (χ4n) is 0.996. The van der Waals surface area contributed by atoms with Crippen molar-refractivity contribution < 1.29 is 19.4 Å². The van der Waals surface area contributed by atoms with Crippen molar-refractivity contribution in [2.24, 2.45) is 0 Å². The molecule has 4 heteroatoms. The Balaban J connectivity index is 2.27. The average molecular weight is 186 g/mol. The van der Waals surface area contributed by atoms with Crippen LogP contribution in [0.1, 0.15) is 19.8 Å². The van der Waals surface area contributed by atoms with E-state index in [9.17, 15) is 9.90 Å². The van der Waals surface area contributed by atoms with Gasteiger partial charge in [-0.05, 0) is 31.4 Å². The van der Waals surface area contributed by atoms with E-state index in [4.69, 9.17) is 0 Å². The molecule has 1 fully saturated rings. The van der Waals surface area contributed by atoms with Crippen LogP contribution in [-0.2, 0) is 9.47 Å². The van der Waals surface area contributed by atoms with Crippen LogP contribution in [0.15, 0.2) is 11.6 Å². The summed E-state index contributed by atoms with van der Waals surface area (Å²) in [6.07, 6.45) is 2.59. The van der Waals surface area contributed by atoms with Gasteiger partial charge < -0.3 is 14.6 Å². The molecule has 1 N–H and O–H groups in total. The molecule has 0 aromatic heterocycles. The van der Waals surface area contributed by atoms with Crippen LogP contribution in [-0.4, -0.2) is 30.6 Å². The van der Waals surface area contributed by atoms with Gasteiger partial charge in [0.2, 0.25) is 0 Å². The highest BCUT2D eigenvalue weighted by Gasteiger charge is 2.41. The van der Waals surface area contributed by atoms with Crippen LogP contribution >= 0.6 is 0 Å². The average Bonchev–Trinajstić information content (AvgIpc) is 2.84. The highest BCUT2D eigenvalue weighted by Crippen LogP contribution is 2.41. The zero-order valence-electron chi connectivity index (χ0n) is 7.87. The SMILES string of the molecule is COC(=O)OC/C=C(/C)C1(O)CC1. The van der Waals surface area contributed by atoms with Gasteiger partial charge in [0.05, 0.1) is 12.7 Å². The third-order valence-corrected chi connectivity index (χ3v) is 2.22. The van der Waals surface area contributed by atoms with Gasteiger partial charge in [-0.3, -0.25) is 0 Å². The third-order valence-electron chi connectivity index (χ3n) is 2.22. The first-order valence-corrected chi connectivity index (χ1v) is 4.19. The fourth-order valence-corrected chi connectivity index (χ4v) is 0.996. The van der Waals surface area contributed by atoms with Gasteiger partial charge in [-0.1, -0.05) is 0 Å². The fraction of sp³-hybridized carbons (Fsp3) is 0.667. The molecule has 1 rings (SSSR count). The molecule has 13 heavy (non-hydrogen) atoms. The smallest absolute Gasteiger partial charge is 0.438 e. The highest BCUT2D eigenvalue weighted by atomic mass is 16.7. The first kappa shape index (κ1) is 10.1. The predicted molar refractivity (Wildman–Crippen MR) is 46.3 cm³/mol. The van der Waals surface area contributed by atoms with E-state index in [0.717, 1.165) is 18.4 Å². The number of ether oxygens (including phenoxy) is 2. The van der Waals surface area contributed by atoms with Gasteiger partial charge in [-0.15, -0.1) is 0 Å². The van der Waals surface area contributed by atoms with E-state index < -0.39 is 11.8 Å². The quantitative estimate of drug-likeness (QED) is 0.532. The van der Waals surface area contributed by atoms with Crippen molar-refractivity contribution in [3.05, 3.63) is 11.6 Å². The third kappa shape index (κ3) is 2.73. The first-order valence-electron chi connectivity index (χ1n) is 4.19. The molecule has 0 unspecified atom stereocenters. The minimum Gasteiger partial charge on any atom is -0.438 e. The Bertz CT molecular complexity index is 228. The largest absolute Gasteiger partial charge is 0.508 e. The molecule has 0 bridgehead atoms. The van der Waals surface area contributed by atoms with Crippen molar-refractivity contribution in [2.45, 2.75) is 25.4 Å². The van der Waals surface area contributed by atoms with Gasteiger partial charge in [-0.25, -0.2) is 4.79 Å². The summed E-state index contributed by atoms with van der Waals surface area (Å²) < 4.78 is 8.92. The molecule has 0 aromatic carbocycles. The number of hydrogen-bond acceptors (Lipinski definition) is 4. The number of aliphatic hydroxyl groups is 1. The maximum absolute atomic E-state index is 10.5. The second-order valence-corrected chi connectivity index (χ2v) is 3.18. The monoisotopic (exact) mass is 186 g/mol. The molecule has 0 atom stereocenters. The van der Waals surface area contributed by atoms with Crippen molar-refractivity contribution in [3.8, 4) is 0 Å². The lowest BCUT2D eigenvalue weighted by molar-refractivity contribution is 0.0811. The van der Waals surface area contributed by atoms with Crippen LogP contribution in [0.25, 0.3) is 0 Å². The highest BCUT2D eigenvalue weighted by molar-refractivity contribution is 5.59. The van der Waals surface area contributed by atoms with E-state index in [2.05, 4.69) is 9.47 Å². The second kappa shape index (κ2) is 3.79. The minimum atomic E-state index is -0.702. The van der Waals surface area contributed by atoms with Crippen LogP contribution in [0.3, 0.4) is 0 Å². The molecular formula is C9H14O4. The maximum Gasteiger partial charge on any atom is 0.508 e. The summed E-state index contributed by atoms with van der Waals surface area (Å²) in [6.45, 7) is 1.98. The molecule has 0 amide bonds. The summed E-state index contributed by atoms with van der Waals surface area (Å²) in [6, 6.07) is 0. The number of methoxy groups -OCH3 is 1. The lowest BCUT2D eigenvalue weighted by Crippen LogP contribution is -2.10. The van der Waals surface area contributed by atoms with E-state index >= 15 is 0 Å². The van der Waals surface area contributed by atoms with Gasteiger partial charge in [0.1, 0.15) is 6.61 Å². The lowest BCUT2D eigenvalue weighted by atomic mass is 10.1. The Hall–Kier alpha value is -1.03. The normalized spacial score (nSPS) is 19.5. The summed E-state index contributed by atoms with van der Waals surface area (Å²) in [4.78, 5) is 10.5. The molecule has 4 nitrogen and oxygen atoms in total. The Morgan fingerprint density at radius 1 is 1.62 bits per heavy atom. The van der Waals surface area contributed by atoms with Crippen LogP contribution in [0.2, 0.25) is 0 Å². The van der Waals surface area contributed by atoms with Gasteiger partial charge in [0, 0.05) is 0 Å². The second-order valence-electron chi connectivity index (χ2n) is 3.18. The zero-order chi connectivity index (χ0) is 9.90. The maximum atomic E-state index is 10.5. The van der Waals surface area contributed by atoms with Gasteiger partial charge in [0.25, 0.3) is 0 Å². The van der Waals surface area contributed by atoms with Crippen LogP contribution in [0.4, 0.5) is 4.79 Å². The van der Waals surface area contributed by atoms with Crippen molar-refractivity contribution >= 4 is 6.16 Å². The molecule has 1 aliphatic rings. The van der Waals surface area contributed by atoms with Crippen LogP contribution < -0.4 is 0 Å². The summed E-state index contributed by atoms with van der Waals surface area (Å²) in [5, 5.41) is 9.58. The van der Waals surface area contributed by atoms with Crippen LogP contribution in [0.5, 0.6) is 0 Å².